The van der Waals surface area contributed by atoms with Crippen LogP contribution in [0.3, 0.4) is 0 Å². The van der Waals surface area contributed by atoms with Gasteiger partial charge in [-0.25, -0.2) is 0 Å². The van der Waals surface area contributed by atoms with Gasteiger partial charge in [0.1, 0.15) is 0 Å². The van der Waals surface area contributed by atoms with Gasteiger partial charge in [-0.3, -0.25) is 4.68 Å². The zero-order valence-electron chi connectivity index (χ0n) is 11.5. The molecule has 1 aromatic heterocycles. The Hall–Kier alpha value is -0.540. The SMILES string of the molecule is CC(C)n1ccc(CNCC2(CCl)CCCC2)n1. The topological polar surface area (TPSA) is 29.9 Å². The largest absolute Gasteiger partial charge is 0.311 e. The molecular formula is C14H24ClN3. The Balaban J connectivity index is 1.80. The number of hydrogen-bond donors (Lipinski definition) is 1. The van der Waals surface area contributed by atoms with Crippen LogP contribution in [0.25, 0.3) is 0 Å². The molecule has 0 unspecified atom stereocenters. The van der Waals surface area contributed by atoms with Gasteiger partial charge >= 0.3 is 0 Å². The van der Waals surface area contributed by atoms with Gasteiger partial charge in [0, 0.05) is 31.2 Å². The van der Waals surface area contributed by atoms with Crippen molar-refractivity contribution in [3.63, 3.8) is 0 Å². The normalized spacial score (nSPS) is 18.7. The average molecular weight is 270 g/mol. The summed E-state index contributed by atoms with van der Waals surface area (Å²) < 4.78 is 2.00. The first-order valence-electron chi connectivity index (χ1n) is 6.96. The maximum atomic E-state index is 6.13. The Morgan fingerprint density at radius 3 is 2.72 bits per heavy atom. The summed E-state index contributed by atoms with van der Waals surface area (Å²) in [7, 11) is 0. The maximum absolute atomic E-state index is 6.13. The first-order valence-corrected chi connectivity index (χ1v) is 7.49. The predicted octanol–water partition coefficient (Wildman–Crippen LogP) is 3.35. The lowest BCUT2D eigenvalue weighted by Crippen LogP contribution is -2.33. The van der Waals surface area contributed by atoms with Crippen molar-refractivity contribution >= 4 is 11.6 Å². The van der Waals surface area contributed by atoms with Crippen molar-refractivity contribution in [2.45, 2.75) is 52.1 Å². The second-order valence-electron chi connectivity index (χ2n) is 5.83. The molecule has 1 fully saturated rings. The number of alkyl halides is 1. The second-order valence-corrected chi connectivity index (χ2v) is 6.09. The monoisotopic (exact) mass is 269 g/mol. The predicted molar refractivity (Wildman–Crippen MR) is 75.9 cm³/mol. The molecule has 1 aliphatic rings. The first kappa shape index (κ1) is 13.9. The minimum absolute atomic E-state index is 0.335. The van der Waals surface area contributed by atoms with E-state index in [0.717, 1.165) is 24.7 Å². The summed E-state index contributed by atoms with van der Waals surface area (Å²) in [6.45, 7) is 6.15. The van der Waals surface area contributed by atoms with Crippen molar-refractivity contribution in [2.75, 3.05) is 12.4 Å². The Bertz CT molecular complexity index is 367. The Labute approximate surface area is 115 Å². The van der Waals surface area contributed by atoms with E-state index in [0.29, 0.717) is 11.5 Å². The van der Waals surface area contributed by atoms with Gasteiger partial charge in [0.2, 0.25) is 0 Å². The number of halogens is 1. The molecule has 0 spiro atoms. The lowest BCUT2D eigenvalue weighted by atomic mass is 9.88. The molecule has 1 aromatic rings. The lowest BCUT2D eigenvalue weighted by molar-refractivity contribution is 0.319. The van der Waals surface area contributed by atoms with Crippen molar-refractivity contribution < 1.29 is 0 Å². The highest BCUT2D eigenvalue weighted by atomic mass is 35.5. The average Bonchev–Trinajstić information content (AvgIpc) is 2.98. The first-order chi connectivity index (χ1) is 8.65. The van der Waals surface area contributed by atoms with E-state index >= 15 is 0 Å². The van der Waals surface area contributed by atoms with Gasteiger partial charge in [-0.15, -0.1) is 11.6 Å². The minimum Gasteiger partial charge on any atom is -0.311 e. The Morgan fingerprint density at radius 2 is 2.17 bits per heavy atom. The molecule has 1 aliphatic carbocycles. The van der Waals surface area contributed by atoms with Gasteiger partial charge in [-0.05, 0) is 38.2 Å². The fourth-order valence-electron chi connectivity index (χ4n) is 2.70. The van der Waals surface area contributed by atoms with E-state index in [4.69, 9.17) is 11.6 Å². The number of nitrogens with one attached hydrogen (secondary N) is 1. The summed E-state index contributed by atoms with van der Waals surface area (Å²) in [5, 5.41) is 8.07. The molecule has 3 nitrogen and oxygen atoms in total. The van der Waals surface area contributed by atoms with Crippen LogP contribution in [-0.2, 0) is 6.54 Å². The summed E-state index contributed by atoms with van der Waals surface area (Å²) in [4.78, 5) is 0. The zero-order chi connectivity index (χ0) is 13.0. The summed E-state index contributed by atoms with van der Waals surface area (Å²) in [6, 6.07) is 2.53. The lowest BCUT2D eigenvalue weighted by Gasteiger charge is -2.26. The van der Waals surface area contributed by atoms with E-state index in [-0.39, 0.29) is 0 Å². The molecule has 1 N–H and O–H groups in total. The van der Waals surface area contributed by atoms with Crippen molar-refractivity contribution in [1.29, 1.82) is 0 Å². The van der Waals surface area contributed by atoms with Crippen LogP contribution in [0.5, 0.6) is 0 Å². The molecule has 102 valence electrons. The van der Waals surface area contributed by atoms with Crippen LogP contribution in [0, 0.1) is 5.41 Å². The van der Waals surface area contributed by atoms with Crippen LogP contribution in [0.4, 0.5) is 0 Å². The number of nitrogens with zero attached hydrogens (tertiary/aromatic N) is 2. The minimum atomic E-state index is 0.335. The molecule has 2 rings (SSSR count). The molecule has 0 atom stereocenters. The van der Waals surface area contributed by atoms with Crippen molar-refractivity contribution in [2.24, 2.45) is 5.41 Å². The third kappa shape index (κ3) is 3.27. The molecule has 4 heteroatoms. The molecule has 0 amide bonds. The van der Waals surface area contributed by atoms with Gasteiger partial charge in [0.05, 0.1) is 5.69 Å². The van der Waals surface area contributed by atoms with E-state index in [1.807, 2.05) is 4.68 Å². The molecule has 0 radical (unpaired) electrons. The van der Waals surface area contributed by atoms with Crippen LogP contribution >= 0.6 is 11.6 Å². The smallest absolute Gasteiger partial charge is 0.0762 e. The fourth-order valence-corrected chi connectivity index (χ4v) is 3.06. The third-order valence-electron chi connectivity index (χ3n) is 3.95. The molecule has 1 heterocycles. The highest BCUT2D eigenvalue weighted by Gasteiger charge is 2.32. The Morgan fingerprint density at radius 1 is 1.44 bits per heavy atom. The molecule has 0 saturated heterocycles. The standard InChI is InChI=1S/C14H24ClN3/c1-12(2)18-8-5-13(17-18)9-16-11-14(10-15)6-3-4-7-14/h5,8,12,16H,3-4,6-7,9-11H2,1-2H3. The van der Waals surface area contributed by atoms with E-state index in [9.17, 15) is 0 Å². The molecule has 0 aromatic carbocycles. The van der Waals surface area contributed by atoms with E-state index in [1.165, 1.54) is 25.7 Å². The molecular weight excluding hydrogens is 246 g/mol. The third-order valence-corrected chi connectivity index (χ3v) is 4.51. The number of aromatic nitrogens is 2. The van der Waals surface area contributed by atoms with Crippen molar-refractivity contribution in [3.8, 4) is 0 Å². The second kappa shape index (κ2) is 6.07. The molecule has 0 aliphatic heterocycles. The van der Waals surface area contributed by atoms with Crippen LogP contribution in [-0.4, -0.2) is 22.2 Å². The van der Waals surface area contributed by atoms with E-state index < -0.39 is 0 Å². The van der Waals surface area contributed by atoms with E-state index in [2.05, 4.69) is 36.5 Å². The van der Waals surface area contributed by atoms with Gasteiger partial charge < -0.3 is 5.32 Å². The summed E-state index contributed by atoms with van der Waals surface area (Å²) in [6.07, 6.45) is 7.25. The molecule has 0 bridgehead atoms. The number of hydrogen-bond acceptors (Lipinski definition) is 2. The van der Waals surface area contributed by atoms with E-state index in [1.54, 1.807) is 0 Å². The van der Waals surface area contributed by atoms with Gasteiger partial charge in [0.25, 0.3) is 0 Å². The van der Waals surface area contributed by atoms with Gasteiger partial charge in [-0.2, -0.15) is 5.10 Å². The Kier molecular flexibility index (Phi) is 4.68. The van der Waals surface area contributed by atoms with Crippen LogP contribution in [0.15, 0.2) is 12.3 Å². The van der Waals surface area contributed by atoms with Crippen LogP contribution in [0.2, 0.25) is 0 Å². The molecule has 1 saturated carbocycles. The van der Waals surface area contributed by atoms with Gasteiger partial charge in [-0.1, -0.05) is 12.8 Å². The van der Waals surface area contributed by atoms with Crippen LogP contribution < -0.4 is 5.32 Å². The summed E-state index contributed by atoms with van der Waals surface area (Å²) in [5.74, 6) is 0.778. The maximum Gasteiger partial charge on any atom is 0.0762 e. The van der Waals surface area contributed by atoms with Crippen molar-refractivity contribution in [3.05, 3.63) is 18.0 Å². The molecule has 18 heavy (non-hydrogen) atoms. The highest BCUT2D eigenvalue weighted by Crippen LogP contribution is 2.38. The highest BCUT2D eigenvalue weighted by molar-refractivity contribution is 6.18. The fraction of sp³-hybridized carbons (Fsp3) is 0.786. The van der Waals surface area contributed by atoms with Gasteiger partial charge in [0.15, 0.2) is 0 Å². The summed E-state index contributed by atoms with van der Waals surface area (Å²) in [5.41, 5.74) is 1.45. The van der Waals surface area contributed by atoms with Crippen LogP contribution in [0.1, 0.15) is 51.3 Å². The van der Waals surface area contributed by atoms with Crippen molar-refractivity contribution in [1.82, 2.24) is 15.1 Å². The zero-order valence-corrected chi connectivity index (χ0v) is 12.2. The summed E-state index contributed by atoms with van der Waals surface area (Å²) >= 11 is 6.13. The number of rotatable bonds is 6. The quantitative estimate of drug-likeness (QED) is 0.803.